The van der Waals surface area contributed by atoms with Gasteiger partial charge in [-0.15, -0.1) is 0 Å². The van der Waals surface area contributed by atoms with Crippen LogP contribution < -0.4 is 5.73 Å². The number of halogens is 1. The van der Waals surface area contributed by atoms with Gasteiger partial charge in [-0.25, -0.2) is 4.39 Å². The van der Waals surface area contributed by atoms with Gasteiger partial charge in [0.15, 0.2) is 0 Å². The van der Waals surface area contributed by atoms with Crippen LogP contribution in [0.3, 0.4) is 0 Å². The zero-order chi connectivity index (χ0) is 11.8. The fourth-order valence-corrected chi connectivity index (χ4v) is 1.24. The van der Waals surface area contributed by atoms with Crippen molar-refractivity contribution in [3.8, 4) is 11.8 Å². The Morgan fingerprint density at radius 3 is 2.94 bits per heavy atom. The molecule has 16 heavy (non-hydrogen) atoms. The Labute approximate surface area is 95.6 Å². The highest BCUT2D eigenvalue weighted by Crippen LogP contribution is 2.10. The molecule has 0 amide bonds. The van der Waals surface area contributed by atoms with Gasteiger partial charge in [-0.3, -0.25) is 0 Å². The molecular weight excluding hydrogens is 205 g/mol. The Morgan fingerprint density at radius 2 is 2.25 bits per heavy atom. The van der Waals surface area contributed by atoms with Gasteiger partial charge in [-0.1, -0.05) is 24.8 Å². The largest absolute Gasteiger partial charge is 0.377 e. The molecule has 3 heteroatoms. The first kappa shape index (κ1) is 12.7. The van der Waals surface area contributed by atoms with Crippen molar-refractivity contribution in [1.29, 1.82) is 0 Å². The average molecular weight is 221 g/mol. The summed E-state index contributed by atoms with van der Waals surface area (Å²) >= 11 is 0. The first-order valence-corrected chi connectivity index (χ1v) is 5.33. The number of nitrogens with two attached hydrogens (primary N) is 1. The Hall–Kier alpha value is -1.37. The van der Waals surface area contributed by atoms with Crippen LogP contribution in [0.15, 0.2) is 18.2 Å². The number of hydrogen-bond acceptors (Lipinski definition) is 2. The lowest BCUT2D eigenvalue weighted by Crippen LogP contribution is -1.97. The van der Waals surface area contributed by atoms with Gasteiger partial charge in [0.05, 0.1) is 18.7 Å². The van der Waals surface area contributed by atoms with E-state index in [4.69, 9.17) is 10.5 Å². The maximum absolute atomic E-state index is 13.3. The smallest absolute Gasteiger partial charge is 0.138 e. The number of ether oxygens (including phenoxy) is 1. The first-order chi connectivity index (χ1) is 7.77. The van der Waals surface area contributed by atoms with E-state index in [1.165, 1.54) is 6.07 Å². The molecule has 0 aliphatic rings. The van der Waals surface area contributed by atoms with Crippen molar-refractivity contribution >= 4 is 0 Å². The highest BCUT2D eigenvalue weighted by molar-refractivity contribution is 5.38. The van der Waals surface area contributed by atoms with E-state index in [0.717, 1.165) is 12.0 Å². The highest BCUT2D eigenvalue weighted by Gasteiger charge is 2.01. The third-order valence-corrected chi connectivity index (χ3v) is 1.97. The van der Waals surface area contributed by atoms with Crippen LogP contribution in [-0.4, -0.2) is 13.2 Å². The number of benzene rings is 1. The second-order valence-electron chi connectivity index (χ2n) is 3.37. The lowest BCUT2D eigenvalue weighted by atomic mass is 10.1. The van der Waals surface area contributed by atoms with Crippen molar-refractivity contribution in [3.63, 3.8) is 0 Å². The fraction of sp³-hybridized carbons (Fsp3) is 0.385. The summed E-state index contributed by atoms with van der Waals surface area (Å²) in [6, 6.07) is 4.82. The molecule has 0 saturated carbocycles. The Kier molecular flexibility index (Phi) is 5.55. The van der Waals surface area contributed by atoms with Crippen molar-refractivity contribution in [1.82, 2.24) is 0 Å². The van der Waals surface area contributed by atoms with E-state index in [0.29, 0.717) is 18.8 Å². The summed E-state index contributed by atoms with van der Waals surface area (Å²) in [7, 11) is 0. The number of hydrogen-bond donors (Lipinski definition) is 1. The lowest BCUT2D eigenvalue weighted by molar-refractivity contribution is 0.121. The summed E-state index contributed by atoms with van der Waals surface area (Å²) in [5.74, 6) is 5.02. The summed E-state index contributed by atoms with van der Waals surface area (Å²) in [5.41, 5.74) is 6.55. The van der Waals surface area contributed by atoms with Crippen LogP contribution in [0.2, 0.25) is 0 Å². The minimum atomic E-state index is -0.319. The summed E-state index contributed by atoms with van der Waals surface area (Å²) < 4.78 is 18.7. The van der Waals surface area contributed by atoms with Crippen molar-refractivity contribution in [3.05, 3.63) is 35.1 Å². The van der Waals surface area contributed by atoms with E-state index in [9.17, 15) is 4.39 Å². The second kappa shape index (κ2) is 7.00. The van der Waals surface area contributed by atoms with E-state index >= 15 is 0 Å². The topological polar surface area (TPSA) is 35.2 Å². The van der Waals surface area contributed by atoms with Crippen LogP contribution in [0.1, 0.15) is 24.5 Å². The van der Waals surface area contributed by atoms with Crippen molar-refractivity contribution < 1.29 is 9.13 Å². The maximum atomic E-state index is 13.3. The second-order valence-corrected chi connectivity index (χ2v) is 3.37. The molecule has 0 unspecified atom stereocenters. The van der Waals surface area contributed by atoms with E-state index in [1.807, 2.05) is 6.92 Å². The monoisotopic (exact) mass is 221 g/mol. The minimum absolute atomic E-state index is 0.232. The molecule has 1 aromatic carbocycles. The van der Waals surface area contributed by atoms with Crippen molar-refractivity contribution in [2.45, 2.75) is 20.0 Å². The van der Waals surface area contributed by atoms with Gasteiger partial charge in [0.1, 0.15) is 5.82 Å². The van der Waals surface area contributed by atoms with E-state index in [2.05, 4.69) is 11.8 Å². The molecule has 1 aromatic rings. The Balaban J connectivity index is 2.73. The Bertz CT molecular complexity index is 393. The molecule has 86 valence electrons. The average Bonchev–Trinajstić information content (AvgIpc) is 2.30. The van der Waals surface area contributed by atoms with Crippen molar-refractivity contribution in [2.75, 3.05) is 13.2 Å². The van der Waals surface area contributed by atoms with Gasteiger partial charge in [0, 0.05) is 6.61 Å². The molecule has 0 saturated heterocycles. The molecule has 0 atom stereocenters. The van der Waals surface area contributed by atoms with Gasteiger partial charge in [0.25, 0.3) is 0 Å². The van der Waals surface area contributed by atoms with E-state index < -0.39 is 0 Å². The van der Waals surface area contributed by atoms with Gasteiger partial charge >= 0.3 is 0 Å². The summed E-state index contributed by atoms with van der Waals surface area (Å²) in [6.07, 6.45) is 0.973. The zero-order valence-electron chi connectivity index (χ0n) is 9.42. The molecular formula is C13H16FNO. The van der Waals surface area contributed by atoms with Crippen molar-refractivity contribution in [2.24, 2.45) is 5.73 Å². The van der Waals surface area contributed by atoms with Crippen LogP contribution in [0.25, 0.3) is 0 Å². The van der Waals surface area contributed by atoms with Crippen LogP contribution in [0, 0.1) is 17.7 Å². The summed E-state index contributed by atoms with van der Waals surface area (Å²) in [5, 5.41) is 0. The first-order valence-electron chi connectivity index (χ1n) is 5.33. The fourth-order valence-electron chi connectivity index (χ4n) is 1.24. The predicted octanol–water partition coefficient (Wildman–Crippen LogP) is 2.06. The van der Waals surface area contributed by atoms with Crippen LogP contribution in [0.4, 0.5) is 4.39 Å². The molecule has 0 bridgehead atoms. The van der Waals surface area contributed by atoms with Crippen LogP contribution in [0.5, 0.6) is 0 Å². The summed E-state index contributed by atoms with van der Waals surface area (Å²) in [6.45, 7) is 3.48. The molecule has 2 N–H and O–H groups in total. The third kappa shape index (κ3) is 4.01. The lowest BCUT2D eigenvalue weighted by Gasteiger charge is -2.03. The van der Waals surface area contributed by atoms with E-state index in [1.54, 1.807) is 12.1 Å². The molecule has 0 heterocycles. The molecule has 0 aromatic heterocycles. The summed E-state index contributed by atoms with van der Waals surface area (Å²) in [4.78, 5) is 0. The van der Waals surface area contributed by atoms with E-state index in [-0.39, 0.29) is 12.4 Å². The van der Waals surface area contributed by atoms with Gasteiger partial charge in [0.2, 0.25) is 0 Å². The maximum Gasteiger partial charge on any atom is 0.138 e. The van der Waals surface area contributed by atoms with Gasteiger partial charge < -0.3 is 10.5 Å². The van der Waals surface area contributed by atoms with Crippen LogP contribution >= 0.6 is 0 Å². The van der Waals surface area contributed by atoms with Crippen LogP contribution in [-0.2, 0) is 11.3 Å². The normalized spacial score (nSPS) is 9.69. The zero-order valence-corrected chi connectivity index (χ0v) is 9.42. The minimum Gasteiger partial charge on any atom is -0.377 e. The SMILES string of the molecule is CCCOCc1ccc(F)c(C#CCN)c1. The molecule has 0 spiro atoms. The number of rotatable bonds is 4. The standard InChI is InChI=1S/C13H16FNO/c1-2-8-16-10-11-5-6-13(14)12(9-11)4-3-7-15/h5-6,9H,2,7-8,10,15H2,1H3. The molecule has 0 radical (unpaired) electrons. The molecule has 2 nitrogen and oxygen atoms in total. The molecule has 0 aliphatic heterocycles. The quantitative estimate of drug-likeness (QED) is 0.624. The predicted molar refractivity (Wildman–Crippen MR) is 62.3 cm³/mol. The highest BCUT2D eigenvalue weighted by atomic mass is 19.1. The third-order valence-electron chi connectivity index (χ3n) is 1.97. The van der Waals surface area contributed by atoms with Gasteiger partial charge in [-0.2, -0.15) is 0 Å². The Morgan fingerprint density at radius 1 is 1.44 bits per heavy atom. The molecule has 0 aliphatic carbocycles. The molecule has 1 rings (SSSR count). The molecule has 0 fully saturated rings. The van der Waals surface area contributed by atoms with Gasteiger partial charge in [-0.05, 0) is 24.1 Å².